The van der Waals surface area contributed by atoms with Crippen LogP contribution in [0.25, 0.3) is 0 Å². The second-order valence-electron chi connectivity index (χ2n) is 8.27. The van der Waals surface area contributed by atoms with E-state index >= 15 is 0 Å². The van der Waals surface area contributed by atoms with E-state index in [0.717, 1.165) is 38.0 Å². The van der Waals surface area contributed by atoms with Gasteiger partial charge in [-0.15, -0.1) is 0 Å². The summed E-state index contributed by atoms with van der Waals surface area (Å²) in [6.45, 7) is 3.26. The maximum atomic E-state index is 12.8. The summed E-state index contributed by atoms with van der Waals surface area (Å²) in [5.74, 6) is 1.56. The molecule has 2 aromatic carbocycles. The average molecular weight is 445 g/mol. The first-order valence-corrected chi connectivity index (χ1v) is 12.2. The van der Waals surface area contributed by atoms with Gasteiger partial charge in [-0.3, -0.25) is 9.52 Å². The highest BCUT2D eigenvalue weighted by Gasteiger charge is 2.21. The van der Waals surface area contributed by atoms with Gasteiger partial charge in [0.2, 0.25) is 0 Å². The van der Waals surface area contributed by atoms with Crippen molar-refractivity contribution in [3.8, 4) is 11.5 Å². The van der Waals surface area contributed by atoms with Gasteiger partial charge in [-0.2, -0.15) is 0 Å². The van der Waals surface area contributed by atoms with Crippen LogP contribution in [0.1, 0.15) is 49.4 Å². The molecule has 166 valence electrons. The van der Waals surface area contributed by atoms with Crippen molar-refractivity contribution in [1.29, 1.82) is 0 Å². The standard InChI is InChI=1S/C23H28N2O5S/c1-16-3-7-18(8-4-16)24-23(26)17-5-9-19(10-6-17)25-31(27,28)20-11-12-21-22(15-20)30-14-2-13-29-21/h5-6,9-12,15-16,18,25H,2-4,7-8,13-14H2,1H3,(H,24,26). The third-order valence-electron chi connectivity index (χ3n) is 5.78. The number of carbonyl (C=O) groups excluding carboxylic acids is 1. The van der Waals surface area contributed by atoms with Crippen molar-refractivity contribution in [2.24, 2.45) is 5.92 Å². The largest absolute Gasteiger partial charge is 0.490 e. The Hall–Kier alpha value is -2.74. The van der Waals surface area contributed by atoms with Gasteiger partial charge in [-0.1, -0.05) is 6.92 Å². The molecule has 8 heteroatoms. The minimum absolute atomic E-state index is 0.0881. The number of rotatable bonds is 5. The normalized spacial score (nSPS) is 21.1. The maximum Gasteiger partial charge on any atom is 0.262 e. The molecule has 31 heavy (non-hydrogen) atoms. The fourth-order valence-electron chi connectivity index (χ4n) is 3.89. The molecule has 1 aliphatic carbocycles. The van der Waals surface area contributed by atoms with Crippen molar-refractivity contribution in [1.82, 2.24) is 5.32 Å². The Morgan fingerprint density at radius 2 is 1.61 bits per heavy atom. The van der Waals surface area contributed by atoms with Gasteiger partial charge in [0.1, 0.15) is 0 Å². The number of nitrogens with one attached hydrogen (secondary N) is 2. The summed E-state index contributed by atoms with van der Waals surface area (Å²) < 4.78 is 39.3. The fraction of sp³-hybridized carbons (Fsp3) is 0.435. The topological polar surface area (TPSA) is 93.7 Å². The number of fused-ring (bicyclic) bond motifs is 1. The maximum absolute atomic E-state index is 12.8. The molecule has 1 amide bonds. The molecule has 0 radical (unpaired) electrons. The minimum Gasteiger partial charge on any atom is -0.490 e. The van der Waals surface area contributed by atoms with E-state index in [2.05, 4.69) is 17.0 Å². The lowest BCUT2D eigenvalue weighted by Gasteiger charge is -2.26. The van der Waals surface area contributed by atoms with E-state index in [9.17, 15) is 13.2 Å². The number of benzene rings is 2. The SMILES string of the molecule is CC1CCC(NC(=O)c2ccc(NS(=O)(=O)c3ccc4c(c3)OCCCO4)cc2)CC1. The van der Waals surface area contributed by atoms with Gasteiger partial charge >= 0.3 is 0 Å². The van der Waals surface area contributed by atoms with Gasteiger partial charge in [0.05, 0.1) is 18.1 Å². The van der Waals surface area contributed by atoms with Gasteiger partial charge in [0.15, 0.2) is 11.5 Å². The van der Waals surface area contributed by atoms with Crippen LogP contribution in [0.3, 0.4) is 0 Å². The number of amides is 1. The number of hydrogen-bond donors (Lipinski definition) is 2. The molecular weight excluding hydrogens is 416 g/mol. The van der Waals surface area contributed by atoms with E-state index in [0.29, 0.717) is 36.0 Å². The molecule has 0 spiro atoms. The summed E-state index contributed by atoms with van der Waals surface area (Å²) >= 11 is 0. The third-order valence-corrected chi connectivity index (χ3v) is 7.16. The highest BCUT2D eigenvalue weighted by atomic mass is 32.2. The van der Waals surface area contributed by atoms with Crippen molar-refractivity contribution in [2.45, 2.75) is 50.0 Å². The quantitative estimate of drug-likeness (QED) is 0.728. The lowest BCUT2D eigenvalue weighted by molar-refractivity contribution is 0.0923. The molecule has 4 rings (SSSR count). The fourth-order valence-corrected chi connectivity index (χ4v) is 4.96. The van der Waals surface area contributed by atoms with Gasteiger partial charge in [-0.25, -0.2) is 8.42 Å². The lowest BCUT2D eigenvalue weighted by Crippen LogP contribution is -2.37. The Balaban J connectivity index is 1.41. The predicted molar refractivity (Wildman–Crippen MR) is 118 cm³/mol. The first kappa shape index (κ1) is 21.5. The summed E-state index contributed by atoms with van der Waals surface area (Å²) in [5.41, 5.74) is 0.896. The molecule has 2 N–H and O–H groups in total. The van der Waals surface area contributed by atoms with Crippen molar-refractivity contribution in [3.05, 3.63) is 48.0 Å². The van der Waals surface area contributed by atoms with Crippen molar-refractivity contribution in [3.63, 3.8) is 0 Å². The van der Waals surface area contributed by atoms with E-state index in [-0.39, 0.29) is 16.8 Å². The second kappa shape index (κ2) is 9.18. The average Bonchev–Trinajstić information content (AvgIpc) is 3.00. The van der Waals surface area contributed by atoms with E-state index < -0.39 is 10.0 Å². The molecule has 0 unspecified atom stereocenters. The van der Waals surface area contributed by atoms with Gasteiger partial charge in [-0.05, 0) is 68.0 Å². The summed E-state index contributed by atoms with van der Waals surface area (Å²) in [6, 6.07) is 11.2. The molecule has 0 bridgehead atoms. The zero-order valence-corrected chi connectivity index (χ0v) is 18.4. The van der Waals surface area contributed by atoms with Crippen LogP contribution in [0.4, 0.5) is 5.69 Å². The van der Waals surface area contributed by atoms with Crippen LogP contribution in [0, 0.1) is 5.92 Å². The number of ether oxygens (including phenoxy) is 2. The van der Waals surface area contributed by atoms with E-state index in [4.69, 9.17) is 9.47 Å². The Labute approximate surface area is 183 Å². The first-order chi connectivity index (χ1) is 14.9. The Morgan fingerprint density at radius 1 is 0.935 bits per heavy atom. The van der Waals surface area contributed by atoms with Crippen molar-refractivity contribution >= 4 is 21.6 Å². The van der Waals surface area contributed by atoms with E-state index in [1.54, 1.807) is 30.3 Å². The number of hydrogen-bond acceptors (Lipinski definition) is 5. The molecule has 1 saturated carbocycles. The molecular formula is C23H28N2O5S. The van der Waals surface area contributed by atoms with Gasteiger partial charge in [0, 0.05) is 29.8 Å². The van der Waals surface area contributed by atoms with Crippen LogP contribution in [-0.2, 0) is 10.0 Å². The minimum atomic E-state index is -3.81. The first-order valence-electron chi connectivity index (χ1n) is 10.7. The Bertz CT molecular complexity index is 1030. The van der Waals surface area contributed by atoms with Crippen LogP contribution < -0.4 is 19.5 Å². The Morgan fingerprint density at radius 3 is 2.32 bits per heavy atom. The van der Waals surface area contributed by atoms with E-state index in [1.807, 2.05) is 0 Å². The molecule has 1 fully saturated rings. The van der Waals surface area contributed by atoms with E-state index in [1.165, 1.54) is 12.1 Å². The highest BCUT2D eigenvalue weighted by Crippen LogP contribution is 2.32. The molecule has 0 saturated heterocycles. The van der Waals surface area contributed by atoms with Crippen LogP contribution in [0.2, 0.25) is 0 Å². The number of sulfonamides is 1. The highest BCUT2D eigenvalue weighted by molar-refractivity contribution is 7.92. The summed E-state index contributed by atoms with van der Waals surface area (Å²) in [7, 11) is -3.81. The number of anilines is 1. The Kier molecular flexibility index (Phi) is 6.36. The van der Waals surface area contributed by atoms with Gasteiger partial charge in [0.25, 0.3) is 15.9 Å². The second-order valence-corrected chi connectivity index (χ2v) is 9.95. The summed E-state index contributed by atoms with van der Waals surface area (Å²) in [6.07, 6.45) is 5.01. The van der Waals surface area contributed by atoms with Crippen LogP contribution >= 0.6 is 0 Å². The summed E-state index contributed by atoms with van der Waals surface area (Å²) in [4.78, 5) is 12.6. The van der Waals surface area contributed by atoms with Crippen molar-refractivity contribution in [2.75, 3.05) is 17.9 Å². The molecule has 1 aliphatic heterocycles. The van der Waals surface area contributed by atoms with Crippen LogP contribution in [0.5, 0.6) is 11.5 Å². The monoisotopic (exact) mass is 444 g/mol. The summed E-state index contributed by atoms with van der Waals surface area (Å²) in [5, 5.41) is 3.08. The molecule has 2 aliphatic rings. The van der Waals surface area contributed by atoms with Gasteiger partial charge < -0.3 is 14.8 Å². The molecule has 2 aromatic rings. The zero-order chi connectivity index (χ0) is 21.8. The zero-order valence-electron chi connectivity index (χ0n) is 17.6. The number of carbonyl (C=O) groups is 1. The van der Waals surface area contributed by atoms with Crippen LogP contribution in [-0.4, -0.2) is 33.6 Å². The smallest absolute Gasteiger partial charge is 0.262 e. The van der Waals surface area contributed by atoms with Crippen molar-refractivity contribution < 1.29 is 22.7 Å². The predicted octanol–water partition coefficient (Wildman–Crippen LogP) is 3.96. The molecule has 7 nitrogen and oxygen atoms in total. The molecule has 1 heterocycles. The molecule has 0 atom stereocenters. The molecule has 0 aromatic heterocycles. The van der Waals surface area contributed by atoms with Crippen LogP contribution in [0.15, 0.2) is 47.4 Å². The third kappa shape index (κ3) is 5.31. The lowest BCUT2D eigenvalue weighted by atomic mass is 9.87.